The van der Waals surface area contributed by atoms with Gasteiger partial charge in [-0.05, 0) is 11.5 Å². The van der Waals surface area contributed by atoms with E-state index < -0.39 is 0 Å². The zero-order valence-corrected chi connectivity index (χ0v) is 10.5. The van der Waals surface area contributed by atoms with Crippen molar-refractivity contribution in [1.82, 2.24) is 0 Å². The van der Waals surface area contributed by atoms with Crippen molar-refractivity contribution < 1.29 is 0 Å². The van der Waals surface area contributed by atoms with E-state index in [9.17, 15) is 0 Å². The van der Waals surface area contributed by atoms with Gasteiger partial charge in [0.25, 0.3) is 0 Å². The molecule has 0 aromatic rings. The van der Waals surface area contributed by atoms with Crippen LogP contribution in [0, 0.1) is 0 Å². The highest BCUT2D eigenvalue weighted by Gasteiger charge is 2.41. The summed E-state index contributed by atoms with van der Waals surface area (Å²) >= 11 is 2.01. The van der Waals surface area contributed by atoms with Crippen LogP contribution in [0.3, 0.4) is 0 Å². The van der Waals surface area contributed by atoms with Crippen molar-refractivity contribution in [3.8, 4) is 0 Å². The van der Waals surface area contributed by atoms with Crippen LogP contribution in [0.25, 0.3) is 0 Å². The van der Waals surface area contributed by atoms with Crippen LogP contribution in [0.1, 0.15) is 6.92 Å². The van der Waals surface area contributed by atoms with Crippen LogP contribution >= 0.6 is 11.8 Å². The van der Waals surface area contributed by atoms with Crippen molar-refractivity contribution in [2.24, 2.45) is 0 Å². The predicted octanol–water partition coefficient (Wildman–Crippen LogP) is -2.01. The smallest absolute Gasteiger partial charge is 0.0518 e. The molecule has 2 rings (SSSR count). The van der Waals surface area contributed by atoms with Gasteiger partial charge < -0.3 is 0 Å². The van der Waals surface area contributed by atoms with Crippen LogP contribution in [-0.4, -0.2) is 82.6 Å². The Labute approximate surface area is 112 Å². The van der Waals surface area contributed by atoms with Gasteiger partial charge in [-0.25, -0.2) is 0 Å². The van der Waals surface area contributed by atoms with Gasteiger partial charge in [0.2, 0.25) is 0 Å². The van der Waals surface area contributed by atoms with Crippen LogP contribution in [-0.2, 0) is 0 Å². The molecule has 0 bridgehead atoms. The normalized spacial score (nSPS) is 31.2. The summed E-state index contributed by atoms with van der Waals surface area (Å²) in [5, 5.41) is 0.194. The van der Waals surface area contributed by atoms with Crippen LogP contribution in [0.2, 0.25) is 10.9 Å². The lowest BCUT2D eigenvalue weighted by Gasteiger charge is -2.37. The van der Waals surface area contributed by atoms with E-state index in [4.69, 9.17) is 0 Å². The summed E-state index contributed by atoms with van der Waals surface area (Å²) in [5.41, 5.74) is 0.513. The Morgan fingerprint density at radius 1 is 0.938 bits per heavy atom. The maximum Gasteiger partial charge on any atom is 0.0518 e. The fourth-order valence-corrected chi connectivity index (χ4v) is 3.08. The second-order valence-corrected chi connectivity index (χ2v) is 5.42. The Morgan fingerprint density at radius 2 is 1.62 bits per heavy atom. The maximum atomic E-state index is 2.35. The summed E-state index contributed by atoms with van der Waals surface area (Å²) in [7, 11) is 22.1. The van der Waals surface area contributed by atoms with Crippen LogP contribution in [0.5, 0.6) is 0 Å². The van der Waals surface area contributed by atoms with E-state index in [1.165, 1.54) is 5.75 Å². The number of thioether (sulfide) groups is 1. The molecule has 2 aliphatic rings. The van der Waals surface area contributed by atoms with Gasteiger partial charge >= 0.3 is 0 Å². The molecule has 0 spiro atoms. The van der Waals surface area contributed by atoms with E-state index in [0.717, 1.165) is 5.75 Å². The van der Waals surface area contributed by atoms with Gasteiger partial charge in [0.1, 0.15) is 0 Å². The standard InChI is InChI=1S/C5H8B10S/c1-2-16-3-5-4(6-10-8-5)7-11-13-15-14-12-9-5/h4H,2-3H2,1H3. The molecule has 10 radical (unpaired) electrons. The molecule has 64 valence electrons. The van der Waals surface area contributed by atoms with Crippen molar-refractivity contribution in [3.05, 3.63) is 0 Å². The third-order valence-corrected chi connectivity index (χ3v) is 4.18. The van der Waals surface area contributed by atoms with Crippen molar-refractivity contribution in [1.29, 1.82) is 0 Å². The number of rotatable bonds is 3. The van der Waals surface area contributed by atoms with Gasteiger partial charge in [-0.15, -0.1) is 10.9 Å². The van der Waals surface area contributed by atoms with Crippen molar-refractivity contribution in [2.45, 2.75) is 17.9 Å². The average molecular weight is 208 g/mol. The first-order valence-corrected chi connectivity index (χ1v) is 6.99. The molecule has 2 saturated heterocycles. The molecule has 0 aromatic heterocycles. The summed E-state index contributed by atoms with van der Waals surface area (Å²) in [6, 6.07) is 0. The lowest BCUT2D eigenvalue weighted by Crippen LogP contribution is -2.38. The number of hydrogen-bond donors (Lipinski definition) is 0. The van der Waals surface area contributed by atoms with E-state index in [2.05, 4.69) is 78.0 Å². The summed E-state index contributed by atoms with van der Waals surface area (Å²) in [4.78, 5) is 0. The van der Waals surface area contributed by atoms with E-state index >= 15 is 0 Å². The van der Waals surface area contributed by atoms with Gasteiger partial charge in [0.15, 0.2) is 0 Å². The minimum absolute atomic E-state index is 0.194. The zero-order chi connectivity index (χ0) is 11.3. The van der Waals surface area contributed by atoms with Crippen LogP contribution in [0.15, 0.2) is 0 Å². The summed E-state index contributed by atoms with van der Waals surface area (Å²) in [5.74, 6) is 2.34. The number of fused-ring (bicyclic) bond motifs is 1. The molecular formula is C5H8B10S. The van der Waals surface area contributed by atoms with Gasteiger partial charge in [0, 0.05) is 56.7 Å². The molecule has 2 aliphatic heterocycles. The molecule has 0 amide bonds. The molecule has 0 saturated carbocycles. The Bertz CT molecular complexity index is 215. The maximum absolute atomic E-state index is 2.35. The fourth-order valence-electron chi connectivity index (χ4n) is 2.14. The van der Waals surface area contributed by atoms with E-state index in [-0.39, 0.29) is 5.21 Å². The monoisotopic (exact) mass is 210 g/mol. The molecule has 0 aromatic carbocycles. The molecule has 0 N–H and O–H groups in total. The number of hydrogen-bond acceptors (Lipinski definition) is 1. The quantitative estimate of drug-likeness (QED) is 0.483. The van der Waals surface area contributed by atoms with E-state index in [1.807, 2.05) is 11.8 Å². The van der Waals surface area contributed by atoms with Gasteiger partial charge in [-0.3, -0.25) is 0 Å². The molecule has 2 atom stereocenters. The van der Waals surface area contributed by atoms with E-state index in [0.29, 0.717) is 5.72 Å². The topological polar surface area (TPSA) is 0 Å². The average Bonchev–Trinajstić information content (AvgIpc) is 2.70. The highest BCUT2D eigenvalue weighted by Crippen LogP contribution is 2.43. The molecule has 16 heavy (non-hydrogen) atoms. The van der Waals surface area contributed by atoms with Crippen molar-refractivity contribution >= 4 is 82.8 Å². The lowest BCUT2D eigenvalue weighted by atomic mass is 8.93. The van der Waals surface area contributed by atoms with Gasteiger partial charge in [0.05, 0.1) is 14.3 Å². The SMILES string of the molecule is CCSCC12[B][B][B][B][B][B][B]C1[B][B][B]2. The first kappa shape index (κ1) is 13.4. The minimum atomic E-state index is 0.194. The first-order valence-electron chi connectivity index (χ1n) is 5.84. The fraction of sp³-hybridized carbons (Fsp3) is 1.00. The molecule has 11 heteroatoms. The summed E-state index contributed by atoms with van der Waals surface area (Å²) < 4.78 is 0. The second kappa shape index (κ2) is 6.80. The van der Waals surface area contributed by atoms with Crippen LogP contribution in [0.4, 0.5) is 0 Å². The molecule has 2 heterocycles. The first-order chi connectivity index (χ1) is 7.87. The van der Waals surface area contributed by atoms with Crippen LogP contribution < -0.4 is 0 Å². The zero-order valence-electron chi connectivity index (χ0n) is 9.67. The van der Waals surface area contributed by atoms with E-state index in [1.54, 1.807) is 0 Å². The Morgan fingerprint density at radius 3 is 2.50 bits per heavy atom. The third kappa shape index (κ3) is 3.27. The molecule has 2 unspecified atom stereocenters. The third-order valence-electron chi connectivity index (χ3n) is 3.07. The molecule has 0 nitrogen and oxygen atoms in total. The van der Waals surface area contributed by atoms with Gasteiger partial charge in [-0.1, -0.05) is 6.92 Å². The lowest BCUT2D eigenvalue weighted by molar-refractivity contribution is 0.924. The molecule has 2 fully saturated rings. The van der Waals surface area contributed by atoms with Crippen molar-refractivity contribution in [2.75, 3.05) is 11.5 Å². The predicted molar refractivity (Wildman–Crippen MR) is 87.0 cm³/mol. The Kier molecular flexibility index (Phi) is 5.71. The summed E-state index contributed by atoms with van der Waals surface area (Å²) in [6.07, 6.45) is 0. The highest BCUT2D eigenvalue weighted by molar-refractivity contribution is 7.99. The highest BCUT2D eigenvalue weighted by atomic mass is 32.2. The summed E-state index contributed by atoms with van der Waals surface area (Å²) in [6.45, 7) is 2.22. The Hall–Kier alpha value is 0.999. The second-order valence-electron chi connectivity index (χ2n) is 4.15. The minimum Gasteiger partial charge on any atom is -0.163 e. The van der Waals surface area contributed by atoms with Gasteiger partial charge in [-0.2, -0.15) is 11.8 Å². The largest absolute Gasteiger partial charge is 0.163 e. The Balaban J connectivity index is 2.01. The van der Waals surface area contributed by atoms with Crippen molar-refractivity contribution in [3.63, 3.8) is 0 Å². The molecular weight excluding hydrogens is 200 g/mol. The molecule has 0 aliphatic carbocycles.